The molecule has 0 spiro atoms. The molecular weight excluding hydrogens is 308 g/mol. The number of ether oxygens (including phenoxy) is 1. The summed E-state index contributed by atoms with van der Waals surface area (Å²) in [5, 5.41) is 4.57. The number of aromatic nitrogens is 1. The van der Waals surface area contributed by atoms with Crippen molar-refractivity contribution in [2.24, 2.45) is 5.41 Å². The van der Waals surface area contributed by atoms with Crippen molar-refractivity contribution in [2.75, 3.05) is 6.54 Å². The zero-order chi connectivity index (χ0) is 17.7. The van der Waals surface area contributed by atoms with Crippen LogP contribution in [0.15, 0.2) is 60.7 Å². The van der Waals surface area contributed by atoms with Crippen molar-refractivity contribution in [3.8, 4) is 5.75 Å². The van der Waals surface area contributed by atoms with E-state index in [2.05, 4.69) is 56.4 Å². The van der Waals surface area contributed by atoms with Crippen molar-refractivity contribution < 1.29 is 4.74 Å². The minimum absolute atomic E-state index is 0.280. The number of rotatable bonds is 6. The van der Waals surface area contributed by atoms with E-state index in [1.54, 1.807) is 0 Å². The highest BCUT2D eigenvalue weighted by Gasteiger charge is 2.09. The van der Waals surface area contributed by atoms with Crippen LogP contribution in [0.2, 0.25) is 0 Å². The normalized spacial score (nSPS) is 11.6. The second-order valence-electron chi connectivity index (χ2n) is 7.60. The summed E-state index contributed by atoms with van der Waals surface area (Å²) in [6.07, 6.45) is 0. The number of pyridine rings is 1. The average molecular weight is 334 g/mol. The van der Waals surface area contributed by atoms with Crippen LogP contribution in [-0.2, 0) is 13.2 Å². The molecule has 25 heavy (non-hydrogen) atoms. The molecule has 0 fully saturated rings. The molecule has 2 aromatic carbocycles. The van der Waals surface area contributed by atoms with E-state index in [0.717, 1.165) is 35.4 Å². The summed E-state index contributed by atoms with van der Waals surface area (Å²) < 4.78 is 5.89. The Balaban J connectivity index is 1.64. The number of fused-ring (bicyclic) bond motifs is 1. The molecule has 0 unspecified atom stereocenters. The summed E-state index contributed by atoms with van der Waals surface area (Å²) >= 11 is 0. The Kier molecular flexibility index (Phi) is 5.34. The molecule has 0 atom stereocenters. The molecule has 3 heteroatoms. The Morgan fingerprint density at radius 1 is 0.960 bits per heavy atom. The van der Waals surface area contributed by atoms with Crippen LogP contribution in [0.5, 0.6) is 5.75 Å². The Morgan fingerprint density at radius 3 is 2.52 bits per heavy atom. The topological polar surface area (TPSA) is 34.1 Å². The van der Waals surface area contributed by atoms with Gasteiger partial charge in [-0.1, -0.05) is 57.2 Å². The average Bonchev–Trinajstić information content (AvgIpc) is 2.59. The van der Waals surface area contributed by atoms with Crippen LogP contribution in [0.1, 0.15) is 32.0 Å². The van der Waals surface area contributed by atoms with E-state index in [0.29, 0.717) is 6.61 Å². The largest absolute Gasteiger partial charge is 0.489 e. The third-order valence-corrected chi connectivity index (χ3v) is 3.93. The lowest BCUT2D eigenvalue weighted by molar-refractivity contribution is 0.306. The van der Waals surface area contributed by atoms with Crippen molar-refractivity contribution in [1.29, 1.82) is 0 Å². The van der Waals surface area contributed by atoms with Crippen LogP contribution < -0.4 is 10.1 Å². The second-order valence-corrected chi connectivity index (χ2v) is 7.60. The second kappa shape index (κ2) is 7.66. The van der Waals surface area contributed by atoms with Gasteiger partial charge in [-0.15, -0.1) is 0 Å². The lowest BCUT2D eigenvalue weighted by Crippen LogP contribution is -2.26. The third kappa shape index (κ3) is 5.30. The molecular formula is C22H26N2O. The van der Waals surface area contributed by atoms with Crippen LogP contribution in [0.4, 0.5) is 0 Å². The lowest BCUT2D eigenvalue weighted by atomic mass is 9.97. The Morgan fingerprint density at radius 2 is 1.76 bits per heavy atom. The van der Waals surface area contributed by atoms with Crippen molar-refractivity contribution in [3.63, 3.8) is 0 Å². The Bertz CT molecular complexity index is 822. The smallest absolute Gasteiger partial charge is 0.120 e. The number of hydrogen-bond acceptors (Lipinski definition) is 3. The van der Waals surface area contributed by atoms with Crippen LogP contribution >= 0.6 is 0 Å². The fraction of sp³-hybridized carbons (Fsp3) is 0.318. The van der Waals surface area contributed by atoms with Gasteiger partial charge >= 0.3 is 0 Å². The predicted octanol–water partition coefficient (Wildman–Crippen LogP) is 4.95. The standard InChI is InChI=1S/C22H26N2O/c1-22(2,3)16-23-14-19-10-9-18-13-20(11-12-21(18)24-19)25-15-17-7-5-4-6-8-17/h4-13,23H,14-16H2,1-3H3. The van der Waals surface area contributed by atoms with Gasteiger partial charge < -0.3 is 10.1 Å². The van der Waals surface area contributed by atoms with Crippen molar-refractivity contribution in [3.05, 3.63) is 71.9 Å². The summed E-state index contributed by atoms with van der Waals surface area (Å²) in [6, 6.07) is 20.5. The van der Waals surface area contributed by atoms with Gasteiger partial charge in [0.15, 0.2) is 0 Å². The molecule has 0 aliphatic heterocycles. The van der Waals surface area contributed by atoms with E-state index in [1.807, 2.05) is 30.3 Å². The molecule has 0 saturated heterocycles. The van der Waals surface area contributed by atoms with E-state index in [-0.39, 0.29) is 5.41 Å². The summed E-state index contributed by atoms with van der Waals surface area (Å²) in [7, 11) is 0. The van der Waals surface area contributed by atoms with Crippen LogP contribution in [0.3, 0.4) is 0 Å². The summed E-state index contributed by atoms with van der Waals surface area (Å²) in [6.45, 7) is 9.02. The highest BCUT2D eigenvalue weighted by atomic mass is 16.5. The predicted molar refractivity (Wildman–Crippen MR) is 104 cm³/mol. The monoisotopic (exact) mass is 334 g/mol. The van der Waals surface area contributed by atoms with E-state index in [1.165, 1.54) is 5.56 Å². The molecule has 3 nitrogen and oxygen atoms in total. The fourth-order valence-corrected chi connectivity index (χ4v) is 2.64. The zero-order valence-electron chi connectivity index (χ0n) is 15.3. The Labute approximate surface area is 150 Å². The molecule has 0 aliphatic carbocycles. The van der Waals surface area contributed by atoms with Gasteiger partial charge in [0.1, 0.15) is 12.4 Å². The molecule has 130 valence electrons. The minimum atomic E-state index is 0.280. The zero-order valence-corrected chi connectivity index (χ0v) is 15.3. The first-order chi connectivity index (χ1) is 12.0. The molecule has 3 aromatic rings. The first-order valence-electron chi connectivity index (χ1n) is 8.77. The molecule has 1 heterocycles. The Hall–Kier alpha value is -2.39. The quantitative estimate of drug-likeness (QED) is 0.692. The minimum Gasteiger partial charge on any atom is -0.489 e. The van der Waals surface area contributed by atoms with Crippen LogP contribution in [-0.4, -0.2) is 11.5 Å². The van der Waals surface area contributed by atoms with Gasteiger partial charge in [-0.2, -0.15) is 0 Å². The van der Waals surface area contributed by atoms with Gasteiger partial charge in [-0.25, -0.2) is 0 Å². The van der Waals surface area contributed by atoms with Crippen LogP contribution in [0, 0.1) is 5.41 Å². The first-order valence-corrected chi connectivity index (χ1v) is 8.77. The first kappa shape index (κ1) is 17.4. The number of hydrogen-bond donors (Lipinski definition) is 1. The summed E-state index contributed by atoms with van der Waals surface area (Å²) in [5.74, 6) is 0.872. The van der Waals surface area contributed by atoms with Crippen molar-refractivity contribution in [1.82, 2.24) is 10.3 Å². The van der Waals surface area contributed by atoms with E-state index >= 15 is 0 Å². The van der Waals surface area contributed by atoms with Gasteiger partial charge in [-0.05, 0) is 35.2 Å². The molecule has 0 bridgehead atoms. The van der Waals surface area contributed by atoms with Gasteiger partial charge in [0.25, 0.3) is 0 Å². The van der Waals surface area contributed by atoms with E-state index < -0.39 is 0 Å². The number of nitrogens with zero attached hydrogens (tertiary/aromatic N) is 1. The molecule has 0 amide bonds. The maximum Gasteiger partial charge on any atom is 0.120 e. The fourth-order valence-electron chi connectivity index (χ4n) is 2.64. The van der Waals surface area contributed by atoms with Gasteiger partial charge in [-0.3, -0.25) is 4.98 Å². The van der Waals surface area contributed by atoms with Crippen LogP contribution in [0.25, 0.3) is 10.9 Å². The molecule has 0 radical (unpaired) electrons. The molecule has 1 aromatic heterocycles. The SMILES string of the molecule is CC(C)(C)CNCc1ccc2cc(OCc3ccccc3)ccc2n1. The molecule has 1 N–H and O–H groups in total. The van der Waals surface area contributed by atoms with E-state index in [9.17, 15) is 0 Å². The highest BCUT2D eigenvalue weighted by Crippen LogP contribution is 2.21. The molecule has 3 rings (SSSR count). The van der Waals surface area contributed by atoms with Gasteiger partial charge in [0, 0.05) is 18.5 Å². The van der Waals surface area contributed by atoms with Crippen molar-refractivity contribution >= 4 is 10.9 Å². The third-order valence-electron chi connectivity index (χ3n) is 3.93. The summed E-state index contributed by atoms with van der Waals surface area (Å²) in [5.41, 5.74) is 3.51. The number of benzene rings is 2. The summed E-state index contributed by atoms with van der Waals surface area (Å²) in [4.78, 5) is 4.74. The lowest BCUT2D eigenvalue weighted by Gasteiger charge is -2.18. The number of nitrogens with one attached hydrogen (secondary N) is 1. The van der Waals surface area contributed by atoms with E-state index in [4.69, 9.17) is 9.72 Å². The molecule has 0 saturated carbocycles. The van der Waals surface area contributed by atoms with Crippen molar-refractivity contribution in [2.45, 2.75) is 33.9 Å². The highest BCUT2D eigenvalue weighted by molar-refractivity contribution is 5.80. The molecule has 0 aliphatic rings. The van der Waals surface area contributed by atoms with Gasteiger partial charge in [0.2, 0.25) is 0 Å². The maximum absolute atomic E-state index is 5.89. The maximum atomic E-state index is 5.89. The van der Waals surface area contributed by atoms with Gasteiger partial charge in [0.05, 0.1) is 11.2 Å².